The number of hydrogen-bond donors (Lipinski definition) is 0. The van der Waals surface area contributed by atoms with Crippen LogP contribution in [-0.2, 0) is 13.4 Å². The number of fused-ring (bicyclic) bond motifs is 3. The first kappa shape index (κ1) is 17.2. The van der Waals surface area contributed by atoms with Gasteiger partial charge in [0.15, 0.2) is 11.8 Å². The molecule has 4 rings (SSSR count). The lowest BCUT2D eigenvalue weighted by molar-refractivity contribution is -0.660. The number of benzene rings is 1. The van der Waals surface area contributed by atoms with Gasteiger partial charge in [0, 0.05) is 30.8 Å². The second-order valence-corrected chi connectivity index (χ2v) is 8.52. The van der Waals surface area contributed by atoms with Crippen LogP contribution in [0.5, 0.6) is 0 Å². The second-order valence-electron chi connectivity index (χ2n) is 8.52. The van der Waals surface area contributed by atoms with E-state index in [-0.39, 0.29) is 5.92 Å². The van der Waals surface area contributed by atoms with Gasteiger partial charge in [-0.25, -0.2) is 9.55 Å². The third-order valence-electron chi connectivity index (χ3n) is 5.78. The summed E-state index contributed by atoms with van der Waals surface area (Å²) in [7, 11) is 2.02. The fraction of sp³-hybridized carbons (Fsp3) is 0.385. The van der Waals surface area contributed by atoms with Gasteiger partial charge in [0.05, 0.1) is 5.56 Å². The van der Waals surface area contributed by atoms with Crippen molar-refractivity contribution in [3.8, 4) is 11.3 Å². The van der Waals surface area contributed by atoms with E-state index in [1.54, 1.807) is 6.92 Å². The summed E-state index contributed by atoms with van der Waals surface area (Å²) in [5, 5.41) is 2.04. The molecule has 0 radical (unpaired) electrons. The van der Waals surface area contributed by atoms with Crippen LogP contribution in [0.1, 0.15) is 71.6 Å². The van der Waals surface area contributed by atoms with E-state index in [9.17, 15) is 0 Å². The summed E-state index contributed by atoms with van der Waals surface area (Å²) in [5.41, 5.74) is 7.24. The molecule has 0 atom stereocenters. The smallest absolute Gasteiger partial charge is 0.227 e. The number of pyridine rings is 2. The van der Waals surface area contributed by atoms with Gasteiger partial charge in [0.1, 0.15) is 7.05 Å². The minimum atomic E-state index is -1.44. The molecule has 29 heavy (non-hydrogen) atoms. The summed E-state index contributed by atoms with van der Waals surface area (Å²) >= 11 is 0. The van der Waals surface area contributed by atoms with E-state index >= 15 is 0 Å². The molecule has 150 valence electrons. The molecular weight excluding hydrogens is 356 g/mol. The zero-order chi connectivity index (χ0) is 22.7. The SMILES string of the molecule is [2H]C([2H])(C)c1cc(-c2c(C)ccc3c2oc2nc(C(C)C)ccc23)[n+](C)cc1C(C)C. The van der Waals surface area contributed by atoms with Crippen molar-refractivity contribution < 1.29 is 11.7 Å². The number of nitrogens with zero attached hydrogens (tertiary/aromatic N) is 2. The van der Waals surface area contributed by atoms with Crippen molar-refractivity contribution in [2.75, 3.05) is 0 Å². The summed E-state index contributed by atoms with van der Waals surface area (Å²) in [5.74, 6) is 0.557. The highest BCUT2D eigenvalue weighted by Gasteiger charge is 2.23. The van der Waals surface area contributed by atoms with Crippen LogP contribution < -0.4 is 4.57 Å². The van der Waals surface area contributed by atoms with E-state index in [0.29, 0.717) is 11.6 Å². The van der Waals surface area contributed by atoms with Crippen molar-refractivity contribution in [1.29, 1.82) is 0 Å². The molecule has 0 aliphatic heterocycles. The third kappa shape index (κ3) is 3.23. The van der Waals surface area contributed by atoms with E-state index in [1.165, 1.54) is 0 Å². The number of rotatable bonds is 4. The first-order chi connectivity index (χ1) is 14.5. The van der Waals surface area contributed by atoms with Crippen LogP contribution in [0.25, 0.3) is 33.3 Å². The largest absolute Gasteiger partial charge is 0.437 e. The van der Waals surface area contributed by atoms with Gasteiger partial charge >= 0.3 is 0 Å². The highest BCUT2D eigenvalue weighted by Crippen LogP contribution is 2.37. The van der Waals surface area contributed by atoms with E-state index in [0.717, 1.165) is 50.0 Å². The van der Waals surface area contributed by atoms with Crippen LogP contribution >= 0.6 is 0 Å². The van der Waals surface area contributed by atoms with Crippen molar-refractivity contribution in [3.05, 3.63) is 58.9 Å². The van der Waals surface area contributed by atoms with E-state index in [1.807, 2.05) is 13.1 Å². The molecule has 3 aromatic heterocycles. The van der Waals surface area contributed by atoms with Crippen LogP contribution in [0, 0.1) is 6.92 Å². The Morgan fingerprint density at radius 1 is 1.07 bits per heavy atom. The molecule has 3 nitrogen and oxygen atoms in total. The minimum Gasteiger partial charge on any atom is -0.437 e. The lowest BCUT2D eigenvalue weighted by Gasteiger charge is -2.13. The van der Waals surface area contributed by atoms with Crippen LogP contribution in [0.3, 0.4) is 0 Å². The Morgan fingerprint density at radius 3 is 2.45 bits per heavy atom. The molecular formula is C26H31N2O+. The highest BCUT2D eigenvalue weighted by molar-refractivity contribution is 6.08. The first-order valence-electron chi connectivity index (χ1n) is 11.4. The molecule has 3 heteroatoms. The van der Waals surface area contributed by atoms with Gasteiger partial charge in [-0.3, -0.25) is 0 Å². The number of aromatic nitrogens is 2. The summed E-state index contributed by atoms with van der Waals surface area (Å²) < 4.78 is 25.3. The fourth-order valence-corrected chi connectivity index (χ4v) is 4.07. The molecule has 0 spiro atoms. The fourth-order valence-electron chi connectivity index (χ4n) is 4.07. The Kier molecular flexibility index (Phi) is 4.32. The molecule has 0 N–H and O–H groups in total. The van der Waals surface area contributed by atoms with Crippen LogP contribution in [0.15, 0.2) is 40.9 Å². The molecule has 1 aromatic carbocycles. The van der Waals surface area contributed by atoms with Gasteiger partial charge in [-0.1, -0.05) is 46.8 Å². The summed E-state index contributed by atoms with van der Waals surface area (Å²) in [6, 6.07) is 10.4. The van der Waals surface area contributed by atoms with Crippen molar-refractivity contribution in [2.45, 2.75) is 59.8 Å². The average Bonchev–Trinajstić information content (AvgIpc) is 3.04. The Balaban J connectivity index is 2.06. The van der Waals surface area contributed by atoms with Gasteiger partial charge in [0.2, 0.25) is 11.4 Å². The molecule has 0 fully saturated rings. The lowest BCUT2D eigenvalue weighted by atomic mass is 9.94. The maximum absolute atomic E-state index is 8.43. The molecule has 0 bridgehead atoms. The highest BCUT2D eigenvalue weighted by atomic mass is 16.3. The first-order valence-corrected chi connectivity index (χ1v) is 10.4. The van der Waals surface area contributed by atoms with E-state index < -0.39 is 6.37 Å². The van der Waals surface area contributed by atoms with Crippen LogP contribution in [-0.4, -0.2) is 4.98 Å². The molecule has 0 aliphatic rings. The zero-order valence-electron chi connectivity index (χ0n) is 20.4. The summed E-state index contributed by atoms with van der Waals surface area (Å²) in [6.07, 6.45) is 0.624. The van der Waals surface area contributed by atoms with Crippen molar-refractivity contribution >= 4 is 22.1 Å². The van der Waals surface area contributed by atoms with Crippen molar-refractivity contribution in [1.82, 2.24) is 4.98 Å². The monoisotopic (exact) mass is 389 g/mol. The topological polar surface area (TPSA) is 29.9 Å². The zero-order valence-corrected chi connectivity index (χ0v) is 18.4. The van der Waals surface area contributed by atoms with Crippen molar-refractivity contribution in [2.24, 2.45) is 7.05 Å². The summed E-state index contributed by atoms with van der Waals surface area (Å²) in [4.78, 5) is 4.76. The third-order valence-corrected chi connectivity index (χ3v) is 5.78. The predicted octanol–water partition coefficient (Wildman–Crippen LogP) is 6.59. The molecule has 0 aliphatic carbocycles. The maximum atomic E-state index is 8.43. The Labute approximate surface area is 176 Å². The summed E-state index contributed by atoms with van der Waals surface area (Å²) in [6.45, 7) is 12.2. The second kappa shape index (κ2) is 7.29. The van der Waals surface area contributed by atoms with Gasteiger partial charge in [-0.15, -0.1) is 0 Å². The minimum absolute atomic E-state index is 0.229. The van der Waals surface area contributed by atoms with E-state index in [4.69, 9.17) is 12.1 Å². The average molecular weight is 390 g/mol. The van der Waals surface area contributed by atoms with Gasteiger partial charge < -0.3 is 4.42 Å². The molecule has 0 saturated carbocycles. The van der Waals surface area contributed by atoms with E-state index in [2.05, 4.69) is 69.6 Å². The Morgan fingerprint density at radius 2 is 1.79 bits per heavy atom. The Hall–Kier alpha value is -2.68. The molecule has 0 unspecified atom stereocenters. The molecule has 4 aromatic rings. The molecule has 0 amide bonds. The van der Waals surface area contributed by atoms with Gasteiger partial charge in [-0.2, -0.15) is 0 Å². The Bertz CT molecular complexity index is 1300. The number of furan rings is 1. The van der Waals surface area contributed by atoms with Crippen molar-refractivity contribution in [3.63, 3.8) is 0 Å². The van der Waals surface area contributed by atoms with Crippen LogP contribution in [0.4, 0.5) is 0 Å². The quantitative estimate of drug-likeness (QED) is 0.369. The predicted molar refractivity (Wildman–Crippen MR) is 120 cm³/mol. The van der Waals surface area contributed by atoms with Crippen LogP contribution in [0.2, 0.25) is 0 Å². The molecule has 0 saturated heterocycles. The van der Waals surface area contributed by atoms with Gasteiger partial charge in [0.25, 0.3) is 0 Å². The van der Waals surface area contributed by atoms with Gasteiger partial charge in [-0.05, 0) is 48.4 Å². The normalized spacial score (nSPS) is 13.6. The maximum Gasteiger partial charge on any atom is 0.227 e. The number of aryl methyl sites for hydroxylation is 3. The standard InChI is InChI=1S/C26H31N2O/c1-8-18-13-23(28(7)14-21(18)15(2)3)24-17(6)9-10-19-20-11-12-22(16(4)5)27-26(20)29-25(19)24/h9-16H,8H2,1-7H3/q+1/i8D2. The lowest BCUT2D eigenvalue weighted by Crippen LogP contribution is -2.32. The molecule has 3 heterocycles. The number of hydrogen-bond acceptors (Lipinski definition) is 2.